The molecule has 1 saturated heterocycles. The van der Waals surface area contributed by atoms with Gasteiger partial charge in [0.25, 0.3) is 0 Å². The summed E-state index contributed by atoms with van der Waals surface area (Å²) in [7, 11) is 2.50. The van der Waals surface area contributed by atoms with Gasteiger partial charge in [-0.3, -0.25) is 14.4 Å². The largest absolute Gasteiger partial charge is 0.400 e. The van der Waals surface area contributed by atoms with Gasteiger partial charge in [0, 0.05) is 26.6 Å². The van der Waals surface area contributed by atoms with E-state index in [0.717, 1.165) is 13.2 Å². The lowest BCUT2D eigenvalue weighted by Gasteiger charge is -2.45. The van der Waals surface area contributed by atoms with Crippen molar-refractivity contribution in [3.8, 4) is 0 Å². The highest BCUT2D eigenvalue weighted by atomic mass is 16.2. The van der Waals surface area contributed by atoms with Crippen LogP contribution in [0.3, 0.4) is 0 Å². The van der Waals surface area contributed by atoms with Crippen LogP contribution in [0, 0.1) is 6.92 Å². The number of hydrogen-bond donors (Lipinski definition) is 3. The number of nitrogens with one attached hydrogen (secondary N) is 1. The van der Waals surface area contributed by atoms with Gasteiger partial charge >= 0.3 is 0 Å². The topological polar surface area (TPSA) is 150 Å². The van der Waals surface area contributed by atoms with Gasteiger partial charge in [0.15, 0.2) is 0 Å². The van der Waals surface area contributed by atoms with Crippen LogP contribution in [0.15, 0.2) is 43.0 Å². The number of aliphatic hydroxyl groups excluding tert-OH is 1. The van der Waals surface area contributed by atoms with Gasteiger partial charge in [-0.05, 0) is 40.3 Å². The quantitative estimate of drug-likeness (QED) is 0.352. The Balaban J connectivity index is 0. The average molecular weight is 493 g/mol. The van der Waals surface area contributed by atoms with Gasteiger partial charge < -0.3 is 35.5 Å². The van der Waals surface area contributed by atoms with Crippen molar-refractivity contribution < 1.29 is 29.1 Å². The van der Waals surface area contributed by atoms with Crippen LogP contribution in [-0.4, -0.2) is 90.6 Å². The van der Waals surface area contributed by atoms with E-state index in [2.05, 4.69) is 36.7 Å². The monoisotopic (exact) mass is 492 g/mol. The van der Waals surface area contributed by atoms with Gasteiger partial charge in [-0.1, -0.05) is 42.5 Å². The second-order valence-electron chi connectivity index (χ2n) is 7.69. The number of aldehydes is 2. The molecule has 0 bridgehead atoms. The summed E-state index contributed by atoms with van der Waals surface area (Å²) in [4.78, 5) is 60.4. The zero-order chi connectivity index (χ0) is 27.4. The summed E-state index contributed by atoms with van der Waals surface area (Å²) in [5.41, 5.74) is 4.74. The van der Waals surface area contributed by atoms with E-state index < -0.39 is 17.5 Å². The normalized spacial score (nSPS) is 14.3. The average Bonchev–Trinajstić information content (AvgIpc) is 2.87. The first-order chi connectivity index (χ1) is 16.7. The Kier molecular flexibility index (Phi) is 18.3. The predicted octanol–water partition coefficient (Wildman–Crippen LogP) is 0.463. The molecule has 1 aliphatic heterocycles. The molecule has 1 aliphatic rings. The molecule has 2 rings (SSSR count). The lowest BCUT2D eigenvalue weighted by molar-refractivity contribution is -0.157. The minimum Gasteiger partial charge on any atom is -0.400 e. The van der Waals surface area contributed by atoms with Gasteiger partial charge in [-0.25, -0.2) is 0 Å². The van der Waals surface area contributed by atoms with E-state index >= 15 is 0 Å². The molecule has 1 aromatic rings. The fraction of sp³-hybridized carbons (Fsp3) is 0.480. The Morgan fingerprint density at radius 2 is 1.74 bits per heavy atom. The Morgan fingerprint density at radius 3 is 2.17 bits per heavy atom. The van der Waals surface area contributed by atoms with E-state index in [1.165, 1.54) is 22.4 Å². The minimum absolute atomic E-state index is 0.165. The Morgan fingerprint density at radius 1 is 1.17 bits per heavy atom. The van der Waals surface area contributed by atoms with Crippen molar-refractivity contribution >= 4 is 30.3 Å². The summed E-state index contributed by atoms with van der Waals surface area (Å²) in [6, 6.07) is 9.51. The van der Waals surface area contributed by atoms with E-state index in [-0.39, 0.29) is 37.7 Å². The minimum atomic E-state index is -1.08. The number of aryl methyl sites for hydroxylation is 1. The number of hydrogen-bond acceptors (Lipinski definition) is 7. The number of carbonyl (C=O) groups excluding carboxylic acids is 5. The Hall–Kier alpha value is -3.37. The number of piperazine rings is 1. The van der Waals surface area contributed by atoms with Crippen LogP contribution in [0.2, 0.25) is 0 Å². The van der Waals surface area contributed by atoms with Gasteiger partial charge in [0.2, 0.25) is 17.7 Å². The van der Waals surface area contributed by atoms with Crippen LogP contribution < -0.4 is 11.1 Å². The van der Waals surface area contributed by atoms with E-state index in [1.54, 1.807) is 13.8 Å². The number of amides is 3. The van der Waals surface area contributed by atoms with E-state index in [9.17, 15) is 24.0 Å². The zero-order valence-corrected chi connectivity index (χ0v) is 21.4. The lowest BCUT2D eigenvalue weighted by atomic mass is 9.97. The summed E-state index contributed by atoms with van der Waals surface area (Å²) in [5, 5.41) is 9.49. The highest BCUT2D eigenvalue weighted by Gasteiger charge is 2.43. The smallest absolute Gasteiger partial charge is 0.248 e. The van der Waals surface area contributed by atoms with Crippen molar-refractivity contribution in [2.45, 2.75) is 45.2 Å². The van der Waals surface area contributed by atoms with Crippen molar-refractivity contribution in [1.82, 2.24) is 15.1 Å². The van der Waals surface area contributed by atoms with Crippen molar-refractivity contribution in [3.63, 3.8) is 0 Å². The molecule has 1 fully saturated rings. The molecule has 0 aromatic heterocycles. The molecule has 35 heavy (non-hydrogen) atoms. The van der Waals surface area contributed by atoms with Crippen molar-refractivity contribution in [2.75, 3.05) is 33.8 Å². The third-order valence-corrected chi connectivity index (χ3v) is 4.90. The summed E-state index contributed by atoms with van der Waals surface area (Å²) in [6.45, 7) is 9.03. The molecule has 0 aliphatic carbocycles. The second-order valence-corrected chi connectivity index (χ2v) is 7.69. The van der Waals surface area contributed by atoms with Gasteiger partial charge in [0.1, 0.15) is 18.1 Å². The molecule has 0 radical (unpaired) electrons. The molecular weight excluding hydrogens is 452 g/mol. The predicted molar refractivity (Wildman–Crippen MR) is 135 cm³/mol. The van der Waals surface area contributed by atoms with Crippen LogP contribution in [0.4, 0.5) is 0 Å². The molecule has 10 heteroatoms. The molecule has 3 amide bonds. The Bertz CT molecular complexity index is 798. The number of nitrogens with zero attached hydrogens (tertiary/aromatic N) is 2. The number of aliphatic hydroxyl groups is 1. The molecular formula is C25H40N4O6. The van der Waals surface area contributed by atoms with Crippen molar-refractivity contribution in [3.05, 3.63) is 48.6 Å². The first-order valence-electron chi connectivity index (χ1n) is 11.1. The number of benzene rings is 1. The molecule has 196 valence electrons. The highest BCUT2D eigenvalue weighted by molar-refractivity contribution is 5.97. The van der Waals surface area contributed by atoms with Crippen LogP contribution in [-0.2, 0) is 24.0 Å². The second kappa shape index (κ2) is 19.0. The van der Waals surface area contributed by atoms with Gasteiger partial charge in [-0.15, -0.1) is 0 Å². The standard InChI is InChI=1S/C16H23N3O5.C7H8.CH5N.CH4O/c1-4-14(23)19-8-7-18(15(24)16(19,2)3)10-13(22)17-12(11-21)6-5-9-20;1-7-5-3-2-4-6-7;2*1-2/h4,9,11-12H,1,5-8,10H2,2-3H3,(H,17,22);2-6H,1H3;2H2,1H3;2H,1H3. The Labute approximate surface area is 208 Å². The molecule has 1 heterocycles. The molecule has 1 unspecified atom stereocenters. The first-order valence-corrected chi connectivity index (χ1v) is 11.1. The maximum Gasteiger partial charge on any atom is 0.248 e. The fourth-order valence-corrected chi connectivity index (χ4v) is 3.13. The fourth-order valence-electron chi connectivity index (χ4n) is 3.13. The van der Waals surface area contributed by atoms with Crippen LogP contribution in [0.5, 0.6) is 0 Å². The molecule has 1 aromatic carbocycles. The SMILES string of the molecule is C=CC(=O)N1CCN(CC(=O)NC(C=O)CCC=O)C(=O)C1(C)C.CN.CO.Cc1ccccc1. The third kappa shape index (κ3) is 12.1. The van der Waals surface area contributed by atoms with Gasteiger partial charge in [-0.2, -0.15) is 0 Å². The highest BCUT2D eigenvalue weighted by Crippen LogP contribution is 2.22. The van der Waals surface area contributed by atoms with E-state index in [0.29, 0.717) is 19.1 Å². The maximum absolute atomic E-state index is 12.5. The number of carbonyl (C=O) groups is 5. The zero-order valence-electron chi connectivity index (χ0n) is 21.4. The van der Waals surface area contributed by atoms with Crippen molar-refractivity contribution in [2.24, 2.45) is 5.73 Å². The van der Waals surface area contributed by atoms with Crippen LogP contribution in [0.1, 0.15) is 32.3 Å². The summed E-state index contributed by atoms with van der Waals surface area (Å²) >= 11 is 0. The van der Waals surface area contributed by atoms with Crippen molar-refractivity contribution in [1.29, 1.82) is 0 Å². The van der Waals surface area contributed by atoms with Gasteiger partial charge in [0.05, 0.1) is 12.6 Å². The number of nitrogens with two attached hydrogens (primary N) is 1. The maximum atomic E-state index is 12.5. The molecule has 1 atom stereocenters. The summed E-state index contributed by atoms with van der Waals surface area (Å²) in [6.07, 6.45) is 2.77. The van der Waals surface area contributed by atoms with E-state index in [1.807, 2.05) is 18.2 Å². The molecule has 0 spiro atoms. The molecule has 10 nitrogen and oxygen atoms in total. The lowest BCUT2D eigenvalue weighted by Crippen LogP contribution is -2.65. The van der Waals surface area contributed by atoms with E-state index in [4.69, 9.17) is 5.11 Å². The number of rotatable bonds is 8. The molecule has 0 saturated carbocycles. The third-order valence-electron chi connectivity index (χ3n) is 4.90. The molecule has 4 N–H and O–H groups in total. The summed E-state index contributed by atoms with van der Waals surface area (Å²) < 4.78 is 0. The first kappa shape index (κ1) is 33.8. The van der Waals surface area contributed by atoms with Crippen LogP contribution >= 0.6 is 0 Å². The summed E-state index contributed by atoms with van der Waals surface area (Å²) in [5.74, 6) is -1.17. The van der Waals surface area contributed by atoms with Crippen LogP contribution in [0.25, 0.3) is 0 Å².